The van der Waals surface area contributed by atoms with Crippen LogP contribution in [0.15, 0.2) is 0 Å². The molecule has 0 saturated heterocycles. The SMILES string of the molecule is [C-]#C[C@H](CCCCC)OS(C)(=O)=O.[Li+]. The molecule has 0 rings (SSSR count). The molecule has 3 nitrogen and oxygen atoms in total. The first-order valence-electron chi connectivity index (χ1n) is 4.30. The molecule has 0 unspecified atom stereocenters. The molecule has 0 spiro atoms. The Balaban J connectivity index is 0. The molecular weight excluding hydrogens is 195 g/mol. The first-order chi connectivity index (χ1) is 5.99. The van der Waals surface area contributed by atoms with E-state index in [2.05, 4.69) is 17.0 Å². The van der Waals surface area contributed by atoms with Gasteiger partial charge in [0.1, 0.15) is 0 Å². The third-order valence-corrected chi connectivity index (χ3v) is 2.10. The van der Waals surface area contributed by atoms with Crippen LogP contribution in [0.2, 0.25) is 0 Å². The van der Waals surface area contributed by atoms with E-state index in [4.69, 9.17) is 6.42 Å². The van der Waals surface area contributed by atoms with Crippen molar-refractivity contribution < 1.29 is 31.5 Å². The zero-order valence-electron chi connectivity index (χ0n) is 9.04. The number of hydrogen-bond acceptors (Lipinski definition) is 3. The Kier molecular flexibility index (Phi) is 9.88. The summed E-state index contributed by atoms with van der Waals surface area (Å²) in [5.41, 5.74) is 0. The predicted octanol–water partition coefficient (Wildman–Crippen LogP) is -1.49. The summed E-state index contributed by atoms with van der Waals surface area (Å²) in [6, 6.07) is 0. The summed E-state index contributed by atoms with van der Waals surface area (Å²) < 4.78 is 26.0. The van der Waals surface area contributed by atoms with Gasteiger partial charge in [0.25, 0.3) is 10.1 Å². The van der Waals surface area contributed by atoms with Gasteiger partial charge < -0.3 is 12.3 Å². The largest absolute Gasteiger partial charge is 1.00 e. The second-order valence-electron chi connectivity index (χ2n) is 2.93. The average Bonchev–Trinajstić information content (AvgIpc) is 2.01. The van der Waals surface area contributed by atoms with E-state index in [1.165, 1.54) is 0 Å². The second-order valence-corrected chi connectivity index (χ2v) is 4.53. The molecule has 0 fully saturated rings. The Bertz CT molecular complexity index is 266. The summed E-state index contributed by atoms with van der Waals surface area (Å²) in [4.78, 5) is 0. The first kappa shape index (κ1) is 16.5. The van der Waals surface area contributed by atoms with E-state index < -0.39 is 16.2 Å². The molecule has 0 radical (unpaired) electrons. The van der Waals surface area contributed by atoms with Crippen LogP contribution in [0.3, 0.4) is 0 Å². The van der Waals surface area contributed by atoms with Crippen LogP contribution in [0, 0.1) is 12.3 Å². The van der Waals surface area contributed by atoms with Gasteiger partial charge in [-0.15, -0.1) is 0 Å². The van der Waals surface area contributed by atoms with Crippen molar-refractivity contribution in [3.8, 4) is 5.92 Å². The van der Waals surface area contributed by atoms with Crippen LogP contribution >= 0.6 is 0 Å². The number of rotatable bonds is 6. The summed E-state index contributed by atoms with van der Waals surface area (Å²) >= 11 is 0. The first-order valence-corrected chi connectivity index (χ1v) is 6.11. The van der Waals surface area contributed by atoms with Gasteiger partial charge in [-0.3, -0.25) is 4.18 Å². The maximum atomic E-state index is 10.7. The van der Waals surface area contributed by atoms with Gasteiger partial charge in [-0.05, 0) is 12.8 Å². The molecule has 0 bridgehead atoms. The summed E-state index contributed by atoms with van der Waals surface area (Å²) in [6.45, 7) is 2.06. The van der Waals surface area contributed by atoms with Crippen LogP contribution in [0.1, 0.15) is 32.6 Å². The monoisotopic (exact) mass is 210 g/mol. The normalized spacial score (nSPS) is 12.6. The van der Waals surface area contributed by atoms with Gasteiger partial charge in [-0.25, -0.2) is 0 Å². The molecule has 0 N–H and O–H groups in total. The molecule has 0 aromatic rings. The van der Waals surface area contributed by atoms with E-state index >= 15 is 0 Å². The third-order valence-electron chi connectivity index (χ3n) is 1.52. The van der Waals surface area contributed by atoms with Crippen molar-refractivity contribution in [3.05, 3.63) is 6.42 Å². The summed E-state index contributed by atoms with van der Waals surface area (Å²) in [6.07, 6.45) is 10.6. The summed E-state index contributed by atoms with van der Waals surface area (Å²) in [5, 5.41) is 0. The van der Waals surface area contributed by atoms with Crippen LogP contribution in [0.25, 0.3) is 0 Å². The van der Waals surface area contributed by atoms with Crippen molar-refractivity contribution in [2.75, 3.05) is 6.26 Å². The van der Waals surface area contributed by atoms with Crippen LogP contribution in [-0.2, 0) is 14.3 Å². The summed E-state index contributed by atoms with van der Waals surface area (Å²) in [5.74, 6) is 2.07. The molecule has 0 aliphatic rings. The van der Waals surface area contributed by atoms with Crippen molar-refractivity contribution in [2.24, 2.45) is 0 Å². The topological polar surface area (TPSA) is 43.4 Å². The Labute approximate surface area is 98.9 Å². The maximum absolute atomic E-state index is 10.7. The van der Waals surface area contributed by atoms with Gasteiger partial charge in [-0.2, -0.15) is 8.42 Å². The smallest absolute Gasteiger partial charge is 0.691 e. The minimum Gasteiger partial charge on any atom is -0.691 e. The molecule has 14 heavy (non-hydrogen) atoms. The van der Waals surface area contributed by atoms with Crippen LogP contribution in [-0.4, -0.2) is 20.8 Å². The predicted molar refractivity (Wildman–Crippen MR) is 51.0 cm³/mol. The molecule has 0 aliphatic heterocycles. The van der Waals surface area contributed by atoms with E-state index in [0.717, 1.165) is 25.5 Å². The van der Waals surface area contributed by atoms with Crippen LogP contribution < -0.4 is 18.9 Å². The van der Waals surface area contributed by atoms with Crippen molar-refractivity contribution >= 4 is 10.1 Å². The van der Waals surface area contributed by atoms with Crippen molar-refractivity contribution in [3.63, 3.8) is 0 Å². The van der Waals surface area contributed by atoms with Gasteiger partial charge in [0.15, 0.2) is 0 Å². The molecule has 0 aromatic carbocycles. The van der Waals surface area contributed by atoms with E-state index in [1.807, 2.05) is 0 Å². The minimum absolute atomic E-state index is 0. The Morgan fingerprint density at radius 1 is 1.43 bits per heavy atom. The molecular formula is C9H15LiO3S. The van der Waals surface area contributed by atoms with Crippen molar-refractivity contribution in [2.45, 2.75) is 38.7 Å². The van der Waals surface area contributed by atoms with Gasteiger partial charge in [0.2, 0.25) is 0 Å². The van der Waals surface area contributed by atoms with Crippen molar-refractivity contribution in [1.29, 1.82) is 0 Å². The number of unbranched alkanes of at least 4 members (excludes halogenated alkanes) is 2. The Morgan fingerprint density at radius 3 is 2.36 bits per heavy atom. The molecule has 76 valence electrons. The van der Waals surface area contributed by atoms with E-state index in [9.17, 15) is 8.42 Å². The average molecular weight is 210 g/mol. The van der Waals surface area contributed by atoms with E-state index in [1.54, 1.807) is 0 Å². The molecule has 0 saturated carbocycles. The molecule has 0 aromatic heterocycles. The molecule has 0 amide bonds. The van der Waals surface area contributed by atoms with E-state index in [-0.39, 0.29) is 18.9 Å². The fraction of sp³-hybridized carbons (Fsp3) is 0.778. The molecule has 5 heteroatoms. The number of hydrogen-bond donors (Lipinski definition) is 0. The fourth-order valence-corrected chi connectivity index (χ4v) is 1.50. The third kappa shape index (κ3) is 10.2. The van der Waals surface area contributed by atoms with Gasteiger partial charge >= 0.3 is 18.9 Å². The van der Waals surface area contributed by atoms with Crippen molar-refractivity contribution in [1.82, 2.24) is 0 Å². The molecule has 1 atom stereocenters. The van der Waals surface area contributed by atoms with Gasteiger partial charge in [-0.1, -0.05) is 19.8 Å². The van der Waals surface area contributed by atoms with Gasteiger partial charge in [0.05, 0.1) is 12.4 Å². The van der Waals surface area contributed by atoms with Crippen LogP contribution in [0.5, 0.6) is 0 Å². The second kappa shape index (κ2) is 8.38. The quantitative estimate of drug-likeness (QED) is 0.176. The molecule has 0 aliphatic carbocycles. The minimum atomic E-state index is -3.46. The Morgan fingerprint density at radius 2 is 2.00 bits per heavy atom. The van der Waals surface area contributed by atoms with E-state index in [0.29, 0.717) is 6.42 Å². The molecule has 0 heterocycles. The zero-order chi connectivity index (χ0) is 10.3. The zero-order valence-corrected chi connectivity index (χ0v) is 9.86. The fourth-order valence-electron chi connectivity index (χ4n) is 0.935. The van der Waals surface area contributed by atoms with Crippen LogP contribution in [0.4, 0.5) is 0 Å². The summed E-state index contributed by atoms with van der Waals surface area (Å²) in [7, 11) is -3.46. The standard InChI is InChI=1S/C9H15O3S.Li/c1-4-6-7-8-9(5-2)12-13(3,10)11;/h9H,4,6-8H2,1,3H3;/q-1;+1/t9-;/m1./s1. The Hall–Kier alpha value is 0.0674. The maximum Gasteiger partial charge on any atom is 1.00 e. The van der Waals surface area contributed by atoms with Gasteiger partial charge in [0, 0.05) is 0 Å².